The quantitative estimate of drug-likeness (QED) is 0.0829. The van der Waals surface area contributed by atoms with Gasteiger partial charge in [0.25, 0.3) is 0 Å². The number of aromatic amines is 1. The monoisotopic (exact) mass is 1370 g/mol. The van der Waals surface area contributed by atoms with Crippen LogP contribution in [0.5, 0.6) is 0 Å². The van der Waals surface area contributed by atoms with Gasteiger partial charge in [-0.3, -0.25) is 42.9 Å². The summed E-state index contributed by atoms with van der Waals surface area (Å²) < 4.78 is 111. The molecule has 0 bridgehead atoms. The third-order valence-electron chi connectivity index (χ3n) is 18.8. The van der Waals surface area contributed by atoms with Crippen molar-refractivity contribution in [2.75, 3.05) is 75.2 Å². The van der Waals surface area contributed by atoms with Crippen molar-refractivity contribution in [3.63, 3.8) is 0 Å². The first kappa shape index (κ1) is 67.3. The molecule has 25 nitrogen and oxygen atoms in total. The third kappa shape index (κ3) is 14.0. The number of aryl methyl sites for hydroxylation is 3. The molecule has 0 saturated carbocycles. The first-order valence-electron chi connectivity index (χ1n) is 32.6. The van der Waals surface area contributed by atoms with Crippen molar-refractivity contribution in [1.29, 1.82) is 5.26 Å². The number of carbonyl (C=O) groups excluding carboxylic acids is 3. The molecule has 6 aliphatic heterocycles. The number of hydrogen-bond acceptors (Lipinski definition) is 16. The molecule has 3 fully saturated rings. The van der Waals surface area contributed by atoms with Gasteiger partial charge >= 0.3 is 6.18 Å². The fourth-order valence-electron chi connectivity index (χ4n) is 13.6. The first-order chi connectivity index (χ1) is 47.6. The van der Waals surface area contributed by atoms with E-state index >= 15 is 13.2 Å². The Hall–Kier alpha value is -10.3. The first-order valence-corrected chi connectivity index (χ1v) is 32.6. The van der Waals surface area contributed by atoms with E-state index in [2.05, 4.69) is 36.3 Å². The Kier molecular flexibility index (Phi) is 18.9. The minimum absolute atomic E-state index is 0.00357. The molecule has 3 atom stereocenters. The Morgan fingerprint density at radius 2 is 0.929 bits per heavy atom. The van der Waals surface area contributed by atoms with Gasteiger partial charge in [0, 0.05) is 156 Å². The van der Waals surface area contributed by atoms with E-state index in [9.17, 15) is 32.8 Å². The molecule has 3 unspecified atom stereocenters. The van der Waals surface area contributed by atoms with Gasteiger partial charge in [-0.25, -0.2) is 13.2 Å². The Balaban J connectivity index is 0.000000133. The largest absolute Gasteiger partial charge is 0.433 e. The summed E-state index contributed by atoms with van der Waals surface area (Å²) in [6.07, 6.45) is 4.56. The lowest BCUT2D eigenvalue weighted by atomic mass is 10.0. The summed E-state index contributed by atoms with van der Waals surface area (Å²) in [7, 11) is 3.57. The molecule has 3 saturated heterocycles. The van der Waals surface area contributed by atoms with Crippen LogP contribution in [0.4, 0.5) is 60.9 Å². The van der Waals surface area contributed by atoms with Gasteiger partial charge in [-0.05, 0) is 79.3 Å². The lowest BCUT2D eigenvalue weighted by molar-refractivity contribution is -0.140. The number of nitriles is 1. The van der Waals surface area contributed by atoms with Gasteiger partial charge in [-0.15, -0.1) is 0 Å². The van der Waals surface area contributed by atoms with Crippen LogP contribution in [0, 0.1) is 35.7 Å². The van der Waals surface area contributed by atoms with Crippen LogP contribution in [0.15, 0.2) is 73.2 Å². The maximum atomic E-state index is 15.1. The van der Waals surface area contributed by atoms with Crippen molar-refractivity contribution >= 4 is 52.2 Å². The number of halogens is 6. The van der Waals surface area contributed by atoms with Gasteiger partial charge in [0.05, 0.1) is 86.5 Å². The average molecular weight is 1370 g/mol. The van der Waals surface area contributed by atoms with Crippen molar-refractivity contribution in [2.24, 2.45) is 14.1 Å². The number of H-pyrrole nitrogens is 1. The zero-order valence-corrected chi connectivity index (χ0v) is 55.3. The van der Waals surface area contributed by atoms with Crippen molar-refractivity contribution in [3.05, 3.63) is 141 Å². The van der Waals surface area contributed by atoms with E-state index in [0.717, 1.165) is 88.5 Å². The summed E-state index contributed by atoms with van der Waals surface area (Å²) in [5, 5.41) is 46.7. The molecule has 3 aromatic carbocycles. The molecule has 12 heterocycles. The molecule has 0 aliphatic carbocycles. The lowest BCUT2D eigenvalue weighted by Crippen LogP contribution is -2.35. The minimum Gasteiger partial charge on any atom is -0.379 e. The molecule has 0 spiro atoms. The zero-order chi connectivity index (χ0) is 69.6. The number of amides is 3. The lowest BCUT2D eigenvalue weighted by Gasteiger charge is -2.27. The second-order valence-electron chi connectivity index (χ2n) is 25.4. The molecular formula is C68H73F6N19O6. The van der Waals surface area contributed by atoms with Crippen LogP contribution in [0.3, 0.4) is 0 Å². The summed E-state index contributed by atoms with van der Waals surface area (Å²) in [5.74, 6) is -0.0353. The normalized spacial score (nSPS) is 18.0. The van der Waals surface area contributed by atoms with E-state index in [1.54, 1.807) is 64.7 Å². The molecule has 4 N–H and O–H groups in total. The molecule has 0 radical (unpaired) electrons. The standard InChI is InChI=1S/C23H24FN7O2.C23H27FN6O2.C22H22F4N6O2/c1-14(32)30-7-5-22-18(12-30)23(28-31(22)16-6-8-33-13-16)26-20-4-3-15(9-19(20)24)17-11-29(2)27-21(17)10-25;1-14-18(11-28(3)26-14)16-4-5-21(20(24)10-16)25-23-19-12-29(15(2)31)8-6-22(19)30(27-23)17-7-9-32-13-17;1-12(33)31-6-4-19-16(10-31)21(30-32(19)14-5-7-34-11-14)28-18-3-2-13(8-17(18)23)15-9-27-29-20(15)22(24,25)26/h3-4,9,11,16H,5-8,12-13H2,1-2H3,(H,26,28);4-5,10-11,17H,6-9,12-13H2,1-3H3,(H,25,27);2-3,8-9,14H,4-7,10-11H2,1H3,(H,27,29)(H,28,30). The van der Waals surface area contributed by atoms with Crippen molar-refractivity contribution in [3.8, 4) is 39.4 Å². The van der Waals surface area contributed by atoms with Crippen LogP contribution < -0.4 is 16.0 Å². The van der Waals surface area contributed by atoms with Crippen LogP contribution in [-0.2, 0) is 87.8 Å². The maximum absolute atomic E-state index is 15.1. The molecule has 6 aromatic heterocycles. The topological polar surface area (TPSA) is 266 Å². The van der Waals surface area contributed by atoms with Crippen LogP contribution in [0.1, 0.15) is 109 Å². The molecule has 15 rings (SSSR count). The van der Waals surface area contributed by atoms with Gasteiger partial charge in [0.1, 0.15) is 29.2 Å². The number of nitrogens with one attached hydrogen (secondary N) is 4. The summed E-state index contributed by atoms with van der Waals surface area (Å²) in [4.78, 5) is 41.2. The SMILES string of the molecule is CC(=O)N1CCc2c(c(Nc3ccc(-c4cn(C)nc4C#N)cc3F)nn2C2CCOC2)C1.CC(=O)N1CCc2c(c(Nc3ccc(-c4cn(C)nc4C)cc3F)nn2C2CCOC2)C1.CC(=O)N1CCc2c(c(Nc3ccc(-c4cn[nH]c4C(F)(F)F)cc3F)nn2C2CCOC2)C1. The predicted octanol–water partition coefficient (Wildman–Crippen LogP) is 10.3. The number of carbonyl (C=O) groups is 3. The van der Waals surface area contributed by atoms with Gasteiger partial charge in [-0.2, -0.15) is 49.0 Å². The number of aromatic nitrogens is 12. The Bertz CT molecular complexity index is 4580. The summed E-state index contributed by atoms with van der Waals surface area (Å²) >= 11 is 0. The highest BCUT2D eigenvalue weighted by Crippen LogP contribution is 2.41. The number of anilines is 6. The smallest absolute Gasteiger partial charge is 0.379 e. The van der Waals surface area contributed by atoms with Crippen LogP contribution in [0.25, 0.3) is 33.4 Å². The number of rotatable bonds is 12. The van der Waals surface area contributed by atoms with E-state index in [1.807, 2.05) is 51.4 Å². The van der Waals surface area contributed by atoms with E-state index in [0.29, 0.717) is 126 Å². The Morgan fingerprint density at radius 3 is 1.26 bits per heavy atom. The zero-order valence-electron chi connectivity index (χ0n) is 55.3. The molecule has 6 aliphatic rings. The molecule has 9 aromatic rings. The molecule has 31 heteroatoms. The number of nitrogens with zero attached hydrogens (tertiary/aromatic N) is 15. The molecule has 99 heavy (non-hydrogen) atoms. The average Bonchev–Trinajstić information content (AvgIpc) is 1.64. The second-order valence-corrected chi connectivity index (χ2v) is 25.4. The van der Waals surface area contributed by atoms with E-state index in [4.69, 9.17) is 24.4 Å². The highest BCUT2D eigenvalue weighted by Gasteiger charge is 2.38. The molecule has 3 amide bonds. The van der Waals surface area contributed by atoms with E-state index in [-0.39, 0.29) is 69.9 Å². The number of ether oxygens (including phenoxy) is 3. The van der Waals surface area contributed by atoms with Crippen LogP contribution in [-0.4, -0.2) is 151 Å². The Morgan fingerprint density at radius 1 is 0.556 bits per heavy atom. The van der Waals surface area contributed by atoms with Gasteiger partial charge in [-0.1, -0.05) is 18.2 Å². The highest BCUT2D eigenvalue weighted by molar-refractivity contribution is 5.78. The Labute approximate surface area is 564 Å². The maximum Gasteiger partial charge on any atom is 0.433 e. The van der Waals surface area contributed by atoms with Gasteiger partial charge in [0.2, 0.25) is 17.7 Å². The van der Waals surface area contributed by atoms with Crippen LogP contribution in [0.2, 0.25) is 0 Å². The van der Waals surface area contributed by atoms with Gasteiger partial charge in [0.15, 0.2) is 23.1 Å². The fraction of sp³-hybridized carbons (Fsp3) is 0.412. The summed E-state index contributed by atoms with van der Waals surface area (Å²) in [5.41, 5.74) is 9.17. The van der Waals surface area contributed by atoms with Crippen molar-refractivity contribution in [1.82, 2.24) is 73.8 Å². The number of hydrogen-bond donors (Lipinski definition) is 4. The second kappa shape index (κ2) is 27.9. The van der Waals surface area contributed by atoms with Crippen molar-refractivity contribution in [2.45, 2.75) is 110 Å². The van der Waals surface area contributed by atoms with Crippen LogP contribution >= 0.6 is 0 Å². The van der Waals surface area contributed by atoms with Crippen molar-refractivity contribution < 1.29 is 54.9 Å². The van der Waals surface area contributed by atoms with E-state index < -0.39 is 23.5 Å². The summed E-state index contributed by atoms with van der Waals surface area (Å²) in [6.45, 7) is 13.4. The fourth-order valence-corrected chi connectivity index (χ4v) is 13.6. The number of alkyl halides is 3. The summed E-state index contributed by atoms with van der Waals surface area (Å²) in [6, 6.07) is 16.1. The number of fused-ring (bicyclic) bond motifs is 3. The number of benzene rings is 3. The van der Waals surface area contributed by atoms with E-state index in [1.165, 1.54) is 35.9 Å². The molecule has 518 valence electrons. The minimum atomic E-state index is -4.64. The highest BCUT2D eigenvalue weighted by atomic mass is 19.4. The van der Waals surface area contributed by atoms with Gasteiger partial charge < -0.3 is 44.9 Å². The predicted molar refractivity (Wildman–Crippen MR) is 350 cm³/mol. The third-order valence-corrected chi connectivity index (χ3v) is 18.8. The molecular weight excluding hydrogens is 1290 g/mol.